The van der Waals surface area contributed by atoms with Gasteiger partial charge in [0.15, 0.2) is 0 Å². The Morgan fingerprint density at radius 1 is 1.04 bits per heavy atom. The molecule has 0 atom stereocenters. The summed E-state index contributed by atoms with van der Waals surface area (Å²) < 4.78 is 4.55. The van der Waals surface area contributed by atoms with Gasteiger partial charge >= 0.3 is 6.09 Å². The SMILES string of the molecule is COC(=O)NC(=O)c1c(NC(=O)c2ccc(C)cc2C)sc2c1CCCCC2. The number of hydrogen-bond acceptors (Lipinski definition) is 5. The maximum Gasteiger partial charge on any atom is 0.413 e. The van der Waals surface area contributed by atoms with Crippen LogP contribution in [0.2, 0.25) is 0 Å². The van der Waals surface area contributed by atoms with Crippen LogP contribution in [-0.4, -0.2) is 25.0 Å². The lowest BCUT2D eigenvalue weighted by atomic mass is 10.0. The van der Waals surface area contributed by atoms with Gasteiger partial charge < -0.3 is 10.1 Å². The van der Waals surface area contributed by atoms with Gasteiger partial charge in [0.2, 0.25) is 0 Å². The number of methoxy groups -OCH3 is 1. The number of amides is 3. The lowest BCUT2D eigenvalue weighted by molar-refractivity contribution is 0.0937. The Morgan fingerprint density at radius 3 is 2.50 bits per heavy atom. The summed E-state index contributed by atoms with van der Waals surface area (Å²) in [4.78, 5) is 38.3. The molecule has 6 nitrogen and oxygen atoms in total. The van der Waals surface area contributed by atoms with Gasteiger partial charge in [-0.05, 0) is 56.7 Å². The van der Waals surface area contributed by atoms with Crippen LogP contribution in [0, 0.1) is 13.8 Å². The Bertz CT molecular complexity index is 933. The van der Waals surface area contributed by atoms with Crippen LogP contribution < -0.4 is 10.6 Å². The monoisotopic (exact) mass is 400 g/mol. The average molecular weight is 401 g/mol. The summed E-state index contributed by atoms with van der Waals surface area (Å²) in [7, 11) is 1.21. The van der Waals surface area contributed by atoms with Gasteiger partial charge in [-0.25, -0.2) is 4.79 Å². The Balaban J connectivity index is 1.96. The molecule has 1 aromatic heterocycles. The van der Waals surface area contributed by atoms with E-state index in [0.717, 1.165) is 53.7 Å². The van der Waals surface area contributed by atoms with Crippen molar-refractivity contribution in [2.75, 3.05) is 12.4 Å². The molecule has 0 radical (unpaired) electrons. The third kappa shape index (κ3) is 4.25. The van der Waals surface area contributed by atoms with E-state index in [4.69, 9.17) is 0 Å². The van der Waals surface area contributed by atoms with Gasteiger partial charge in [0.05, 0.1) is 12.7 Å². The topological polar surface area (TPSA) is 84.5 Å². The number of anilines is 1. The van der Waals surface area contributed by atoms with E-state index in [-0.39, 0.29) is 5.91 Å². The molecule has 1 aliphatic rings. The summed E-state index contributed by atoms with van der Waals surface area (Å²) in [5.74, 6) is -0.803. The summed E-state index contributed by atoms with van der Waals surface area (Å²) in [6.07, 6.45) is 3.95. The first kappa shape index (κ1) is 20.1. The number of fused-ring (bicyclic) bond motifs is 1. The van der Waals surface area contributed by atoms with E-state index in [0.29, 0.717) is 16.1 Å². The molecule has 0 bridgehead atoms. The van der Waals surface area contributed by atoms with Crippen molar-refractivity contribution in [2.45, 2.75) is 46.0 Å². The fourth-order valence-corrected chi connectivity index (χ4v) is 4.80. The number of thiophene rings is 1. The molecule has 0 saturated carbocycles. The predicted molar refractivity (Wildman–Crippen MR) is 109 cm³/mol. The summed E-state index contributed by atoms with van der Waals surface area (Å²) in [5, 5.41) is 5.62. The number of hydrogen-bond donors (Lipinski definition) is 2. The normalized spacial score (nSPS) is 13.2. The van der Waals surface area contributed by atoms with Crippen molar-refractivity contribution in [3.05, 3.63) is 50.9 Å². The number of nitrogens with one attached hydrogen (secondary N) is 2. The molecule has 7 heteroatoms. The molecule has 0 fully saturated rings. The second-order valence-corrected chi connectivity index (χ2v) is 8.09. The highest BCUT2D eigenvalue weighted by Gasteiger charge is 2.27. The largest absolute Gasteiger partial charge is 0.453 e. The predicted octanol–water partition coefficient (Wildman–Crippen LogP) is 4.38. The summed E-state index contributed by atoms with van der Waals surface area (Å²) >= 11 is 1.43. The smallest absolute Gasteiger partial charge is 0.413 e. The molecule has 0 unspecified atom stereocenters. The first-order valence-electron chi connectivity index (χ1n) is 9.33. The third-order valence-corrected chi connectivity index (χ3v) is 6.11. The highest BCUT2D eigenvalue weighted by molar-refractivity contribution is 7.17. The minimum Gasteiger partial charge on any atom is -0.453 e. The lowest BCUT2D eigenvalue weighted by Gasteiger charge is -2.10. The van der Waals surface area contributed by atoms with E-state index < -0.39 is 12.0 Å². The number of alkyl carbamates (subject to hydrolysis) is 1. The molecular weight excluding hydrogens is 376 g/mol. The summed E-state index contributed by atoms with van der Waals surface area (Å²) in [6.45, 7) is 3.86. The Kier molecular flexibility index (Phi) is 6.14. The molecule has 2 aromatic rings. The highest BCUT2D eigenvalue weighted by atomic mass is 32.1. The van der Waals surface area contributed by atoms with Crippen LogP contribution in [0.3, 0.4) is 0 Å². The fourth-order valence-electron chi connectivity index (χ4n) is 3.52. The zero-order valence-corrected chi connectivity index (χ0v) is 17.1. The van der Waals surface area contributed by atoms with Gasteiger partial charge in [-0.15, -0.1) is 11.3 Å². The van der Waals surface area contributed by atoms with Crippen LogP contribution in [0.15, 0.2) is 18.2 Å². The number of imide groups is 1. The van der Waals surface area contributed by atoms with Gasteiger partial charge in [0, 0.05) is 10.4 Å². The standard InChI is InChI=1S/C21H24N2O4S/c1-12-9-10-14(13(2)11-12)18(24)22-20-17(19(25)23-21(26)27-3)15-7-5-4-6-8-16(15)28-20/h9-11H,4-8H2,1-3H3,(H,22,24)(H,23,25,26). The van der Waals surface area contributed by atoms with Crippen LogP contribution in [0.5, 0.6) is 0 Å². The van der Waals surface area contributed by atoms with Crippen molar-refractivity contribution < 1.29 is 19.1 Å². The first-order valence-corrected chi connectivity index (χ1v) is 10.1. The second kappa shape index (κ2) is 8.56. The van der Waals surface area contributed by atoms with Gasteiger partial charge in [-0.3, -0.25) is 14.9 Å². The highest BCUT2D eigenvalue weighted by Crippen LogP contribution is 2.37. The minimum absolute atomic E-state index is 0.263. The first-order chi connectivity index (χ1) is 13.4. The number of ether oxygens (including phenoxy) is 1. The number of carbonyl (C=O) groups is 3. The summed E-state index contributed by atoms with van der Waals surface area (Å²) in [5.41, 5.74) is 3.82. The molecule has 1 heterocycles. The third-order valence-electron chi connectivity index (χ3n) is 4.90. The summed E-state index contributed by atoms with van der Waals surface area (Å²) in [6, 6.07) is 5.62. The molecular formula is C21H24N2O4S. The minimum atomic E-state index is -0.815. The van der Waals surface area contributed by atoms with E-state index in [1.165, 1.54) is 18.4 Å². The van der Waals surface area contributed by atoms with Crippen LogP contribution in [0.4, 0.5) is 9.80 Å². The van der Waals surface area contributed by atoms with Crippen molar-refractivity contribution in [2.24, 2.45) is 0 Å². The molecule has 0 spiro atoms. The van der Waals surface area contributed by atoms with E-state index in [1.54, 1.807) is 6.07 Å². The van der Waals surface area contributed by atoms with E-state index >= 15 is 0 Å². The number of benzene rings is 1. The molecule has 0 saturated heterocycles. The molecule has 148 valence electrons. The zero-order valence-electron chi connectivity index (χ0n) is 16.3. The maximum atomic E-state index is 12.9. The second-order valence-electron chi connectivity index (χ2n) is 6.99. The molecule has 1 aliphatic carbocycles. The average Bonchev–Trinajstić information content (AvgIpc) is 2.82. The molecule has 3 rings (SSSR count). The van der Waals surface area contributed by atoms with Crippen molar-refractivity contribution in [1.29, 1.82) is 0 Å². The van der Waals surface area contributed by atoms with Crippen molar-refractivity contribution in [3.8, 4) is 0 Å². The number of aryl methyl sites for hydroxylation is 3. The van der Waals surface area contributed by atoms with Crippen LogP contribution in [-0.2, 0) is 17.6 Å². The van der Waals surface area contributed by atoms with Gasteiger partial charge in [-0.2, -0.15) is 0 Å². The van der Waals surface area contributed by atoms with Crippen LogP contribution in [0.1, 0.15) is 61.5 Å². The van der Waals surface area contributed by atoms with Gasteiger partial charge in [-0.1, -0.05) is 24.1 Å². The van der Waals surface area contributed by atoms with E-state index in [2.05, 4.69) is 15.4 Å². The molecule has 3 amide bonds. The molecule has 28 heavy (non-hydrogen) atoms. The quantitative estimate of drug-likeness (QED) is 0.749. The number of rotatable bonds is 3. The Morgan fingerprint density at radius 2 is 1.79 bits per heavy atom. The van der Waals surface area contributed by atoms with Gasteiger partial charge in [0.25, 0.3) is 11.8 Å². The van der Waals surface area contributed by atoms with E-state index in [1.807, 2.05) is 26.0 Å². The van der Waals surface area contributed by atoms with Crippen molar-refractivity contribution >= 4 is 34.2 Å². The zero-order chi connectivity index (χ0) is 20.3. The number of carbonyl (C=O) groups excluding carboxylic acids is 3. The molecule has 0 aliphatic heterocycles. The fraction of sp³-hybridized carbons (Fsp3) is 0.381. The molecule has 2 N–H and O–H groups in total. The van der Waals surface area contributed by atoms with E-state index in [9.17, 15) is 14.4 Å². The van der Waals surface area contributed by atoms with Crippen LogP contribution >= 0.6 is 11.3 Å². The van der Waals surface area contributed by atoms with Crippen molar-refractivity contribution in [1.82, 2.24) is 5.32 Å². The van der Waals surface area contributed by atoms with Crippen molar-refractivity contribution in [3.63, 3.8) is 0 Å². The van der Waals surface area contributed by atoms with Gasteiger partial charge in [0.1, 0.15) is 5.00 Å². The van der Waals surface area contributed by atoms with Crippen LogP contribution in [0.25, 0.3) is 0 Å². The molecule has 1 aromatic carbocycles. The lowest BCUT2D eigenvalue weighted by Crippen LogP contribution is -2.31. The Hall–Kier alpha value is -2.67. The maximum absolute atomic E-state index is 12.9. The Labute approximate surface area is 168 Å².